The van der Waals surface area contributed by atoms with Crippen LogP contribution in [0.2, 0.25) is 0 Å². The highest BCUT2D eigenvalue weighted by Gasteiger charge is 2.12. The summed E-state index contributed by atoms with van der Waals surface area (Å²) in [5.74, 6) is 2.09. The molecule has 4 heterocycles. The lowest BCUT2D eigenvalue weighted by atomic mass is 10.2. The zero-order chi connectivity index (χ0) is 17.9. The summed E-state index contributed by atoms with van der Waals surface area (Å²) in [6.45, 7) is 4.51. The van der Waals surface area contributed by atoms with Gasteiger partial charge in [-0.1, -0.05) is 6.07 Å². The number of pyridine rings is 1. The maximum atomic E-state index is 5.56. The smallest absolute Gasteiger partial charge is 0.236 e. The van der Waals surface area contributed by atoms with Crippen molar-refractivity contribution in [3.63, 3.8) is 0 Å². The molecule has 7 heteroatoms. The number of aryl methyl sites for hydroxylation is 1. The van der Waals surface area contributed by atoms with Gasteiger partial charge >= 0.3 is 0 Å². The molecule has 4 aromatic rings. The average Bonchev–Trinajstić information content (AvgIpc) is 3.35. The Kier molecular flexibility index (Phi) is 4.45. The molecule has 0 unspecified atom stereocenters. The molecule has 0 aromatic carbocycles. The largest absolute Gasteiger partial charge is 0.443 e. The Bertz CT molecular complexity index is 1010. The van der Waals surface area contributed by atoms with E-state index in [1.807, 2.05) is 43.5 Å². The van der Waals surface area contributed by atoms with Gasteiger partial charge in [-0.15, -0.1) is 11.3 Å². The van der Waals surface area contributed by atoms with Gasteiger partial charge in [0, 0.05) is 29.2 Å². The topological polar surface area (TPSA) is 76.7 Å². The Morgan fingerprint density at radius 1 is 1.12 bits per heavy atom. The molecule has 0 saturated heterocycles. The summed E-state index contributed by atoms with van der Waals surface area (Å²) >= 11 is 1.60. The molecule has 0 aliphatic rings. The third-order valence-corrected chi connectivity index (χ3v) is 4.89. The predicted octanol–water partition coefficient (Wildman–Crippen LogP) is 4.48. The van der Waals surface area contributed by atoms with Gasteiger partial charge in [0.2, 0.25) is 5.89 Å². The van der Waals surface area contributed by atoms with E-state index in [1.54, 1.807) is 30.0 Å². The molecule has 0 aliphatic carbocycles. The molecule has 1 N–H and O–H groups in total. The second-order valence-electron chi connectivity index (χ2n) is 5.82. The second kappa shape index (κ2) is 7.05. The molecule has 0 amide bonds. The van der Waals surface area contributed by atoms with Crippen LogP contribution in [-0.2, 0) is 6.54 Å². The van der Waals surface area contributed by atoms with Gasteiger partial charge in [-0.3, -0.25) is 4.98 Å². The Balaban J connectivity index is 1.55. The van der Waals surface area contributed by atoms with Crippen LogP contribution < -0.4 is 5.32 Å². The maximum Gasteiger partial charge on any atom is 0.236 e. The molecule has 4 rings (SSSR count). The van der Waals surface area contributed by atoms with Crippen LogP contribution in [0.15, 0.2) is 52.7 Å². The van der Waals surface area contributed by atoms with E-state index in [2.05, 4.69) is 25.3 Å². The standard InChI is InChI=1S/C19H17N5OS/c1-12-13(2)22-18(14-5-3-7-20-9-14)24-17(12)21-10-15-11-25-19(23-15)16-6-4-8-26-16/h3-9,11H,10H2,1-2H3,(H,21,22,24). The van der Waals surface area contributed by atoms with Crippen molar-refractivity contribution in [2.45, 2.75) is 20.4 Å². The molecule has 4 aromatic heterocycles. The van der Waals surface area contributed by atoms with Crippen molar-refractivity contribution in [1.29, 1.82) is 0 Å². The lowest BCUT2D eigenvalue weighted by Crippen LogP contribution is -2.07. The SMILES string of the molecule is Cc1nc(-c2cccnc2)nc(NCc2coc(-c3cccs3)n2)c1C. The minimum atomic E-state index is 0.526. The van der Waals surface area contributed by atoms with E-state index in [0.29, 0.717) is 18.3 Å². The summed E-state index contributed by atoms with van der Waals surface area (Å²) in [5.41, 5.74) is 3.66. The van der Waals surface area contributed by atoms with E-state index in [-0.39, 0.29) is 0 Å². The van der Waals surface area contributed by atoms with E-state index in [1.165, 1.54) is 0 Å². The summed E-state index contributed by atoms with van der Waals surface area (Å²) in [6.07, 6.45) is 5.17. The van der Waals surface area contributed by atoms with E-state index < -0.39 is 0 Å². The summed E-state index contributed by atoms with van der Waals surface area (Å²) < 4.78 is 5.56. The number of rotatable bonds is 5. The van der Waals surface area contributed by atoms with Crippen LogP contribution in [0, 0.1) is 13.8 Å². The third kappa shape index (κ3) is 3.34. The second-order valence-corrected chi connectivity index (χ2v) is 6.77. The number of nitrogens with zero attached hydrogens (tertiary/aromatic N) is 4. The number of thiophene rings is 1. The van der Waals surface area contributed by atoms with Crippen LogP contribution in [0.1, 0.15) is 17.0 Å². The van der Waals surface area contributed by atoms with Gasteiger partial charge in [0.1, 0.15) is 12.1 Å². The first-order chi connectivity index (χ1) is 12.7. The van der Waals surface area contributed by atoms with Gasteiger partial charge < -0.3 is 9.73 Å². The fraction of sp³-hybridized carbons (Fsp3) is 0.158. The van der Waals surface area contributed by atoms with Crippen molar-refractivity contribution in [1.82, 2.24) is 19.9 Å². The quantitative estimate of drug-likeness (QED) is 0.563. The molecule has 26 heavy (non-hydrogen) atoms. The van der Waals surface area contributed by atoms with E-state index in [9.17, 15) is 0 Å². The van der Waals surface area contributed by atoms with Gasteiger partial charge in [-0.2, -0.15) is 0 Å². The summed E-state index contributed by atoms with van der Waals surface area (Å²) in [5, 5.41) is 5.35. The van der Waals surface area contributed by atoms with Crippen LogP contribution in [-0.4, -0.2) is 19.9 Å². The lowest BCUT2D eigenvalue weighted by molar-refractivity contribution is 0.574. The maximum absolute atomic E-state index is 5.56. The highest BCUT2D eigenvalue weighted by Crippen LogP contribution is 2.25. The molecular formula is C19H17N5OS. The summed E-state index contributed by atoms with van der Waals surface area (Å²) in [7, 11) is 0. The van der Waals surface area contributed by atoms with Crippen molar-refractivity contribution >= 4 is 17.2 Å². The minimum Gasteiger partial charge on any atom is -0.443 e. The number of anilines is 1. The van der Waals surface area contributed by atoms with Crippen LogP contribution in [0.5, 0.6) is 0 Å². The Morgan fingerprint density at radius 3 is 2.81 bits per heavy atom. The molecular weight excluding hydrogens is 346 g/mol. The molecule has 130 valence electrons. The summed E-state index contributed by atoms with van der Waals surface area (Å²) in [4.78, 5) is 18.9. The van der Waals surface area contributed by atoms with E-state index in [4.69, 9.17) is 4.42 Å². The van der Waals surface area contributed by atoms with Crippen LogP contribution in [0.3, 0.4) is 0 Å². The lowest BCUT2D eigenvalue weighted by Gasteiger charge is -2.11. The van der Waals surface area contributed by atoms with Crippen molar-refractivity contribution in [2.24, 2.45) is 0 Å². The molecule has 0 atom stereocenters. The van der Waals surface area contributed by atoms with Crippen molar-refractivity contribution < 1.29 is 4.42 Å². The van der Waals surface area contributed by atoms with Crippen molar-refractivity contribution in [3.8, 4) is 22.2 Å². The summed E-state index contributed by atoms with van der Waals surface area (Å²) in [6, 6.07) is 7.80. The Morgan fingerprint density at radius 2 is 2.04 bits per heavy atom. The minimum absolute atomic E-state index is 0.526. The first-order valence-corrected chi connectivity index (χ1v) is 9.06. The highest BCUT2D eigenvalue weighted by molar-refractivity contribution is 7.13. The zero-order valence-electron chi connectivity index (χ0n) is 14.4. The predicted molar refractivity (Wildman–Crippen MR) is 102 cm³/mol. The van der Waals surface area contributed by atoms with Crippen molar-refractivity contribution in [3.05, 3.63) is 65.3 Å². The molecule has 0 fully saturated rings. The molecule has 0 aliphatic heterocycles. The van der Waals surface area contributed by atoms with E-state index in [0.717, 1.165) is 33.2 Å². The van der Waals surface area contributed by atoms with Crippen molar-refractivity contribution in [2.75, 3.05) is 5.32 Å². The molecule has 0 bridgehead atoms. The van der Waals surface area contributed by atoms with Gasteiger partial charge in [-0.25, -0.2) is 15.0 Å². The Labute approximate surface area is 155 Å². The van der Waals surface area contributed by atoms with Crippen LogP contribution in [0.25, 0.3) is 22.2 Å². The first-order valence-electron chi connectivity index (χ1n) is 8.18. The van der Waals surface area contributed by atoms with Gasteiger partial charge in [0.25, 0.3) is 0 Å². The molecule has 6 nitrogen and oxygen atoms in total. The number of hydrogen-bond donors (Lipinski definition) is 1. The highest BCUT2D eigenvalue weighted by atomic mass is 32.1. The zero-order valence-corrected chi connectivity index (χ0v) is 15.2. The van der Waals surface area contributed by atoms with Gasteiger partial charge in [0.05, 0.1) is 17.1 Å². The number of nitrogens with one attached hydrogen (secondary N) is 1. The monoisotopic (exact) mass is 363 g/mol. The number of aromatic nitrogens is 4. The Hall–Kier alpha value is -3.06. The molecule has 0 radical (unpaired) electrons. The fourth-order valence-corrected chi connectivity index (χ4v) is 3.16. The van der Waals surface area contributed by atoms with Crippen LogP contribution >= 0.6 is 11.3 Å². The average molecular weight is 363 g/mol. The normalized spacial score (nSPS) is 10.8. The van der Waals surface area contributed by atoms with Gasteiger partial charge in [-0.05, 0) is 37.4 Å². The van der Waals surface area contributed by atoms with Gasteiger partial charge in [0.15, 0.2) is 5.82 Å². The first kappa shape index (κ1) is 16.4. The van der Waals surface area contributed by atoms with E-state index >= 15 is 0 Å². The molecule has 0 saturated carbocycles. The third-order valence-electron chi connectivity index (χ3n) is 4.03. The van der Waals surface area contributed by atoms with Crippen LogP contribution in [0.4, 0.5) is 5.82 Å². The number of oxazole rings is 1. The fourth-order valence-electron chi connectivity index (χ4n) is 2.50. The molecule has 0 spiro atoms. The number of hydrogen-bond acceptors (Lipinski definition) is 7.